The summed E-state index contributed by atoms with van der Waals surface area (Å²) in [6, 6.07) is 0. The minimum Gasteiger partial charge on any atom is -0.303 e. The Morgan fingerprint density at radius 3 is 3.00 bits per heavy atom. The molecule has 7 heavy (non-hydrogen) atoms. The zero-order valence-corrected chi connectivity index (χ0v) is 4.83. The molecule has 1 unspecified atom stereocenters. The molecule has 1 aliphatic heterocycles. The molecule has 0 aromatic carbocycles. The fourth-order valence-electron chi connectivity index (χ4n) is 0.587. The Labute approximate surface area is 47.3 Å². The highest BCUT2D eigenvalue weighted by atomic mass is 32.2. The first-order valence-electron chi connectivity index (χ1n) is 2.36. The molecule has 1 heterocycles. The Hall–Kier alpha value is 0.270. The Bertz CT molecular complexity index is 53.7. The van der Waals surface area contributed by atoms with Crippen molar-refractivity contribution in [2.75, 3.05) is 18.9 Å². The number of nitrogens with one attached hydrogen (secondary N) is 1. The Kier molecular flexibility index (Phi) is 1.97. The predicted octanol–water partition coefficient (Wildman–Crippen LogP) is 0.0794. The third-order valence-electron chi connectivity index (χ3n) is 0.944. The Morgan fingerprint density at radius 1 is 1.86 bits per heavy atom. The fraction of sp³-hybridized carbons (Fsp3) is 1.00. The highest BCUT2D eigenvalue weighted by Crippen LogP contribution is 2.11. The highest BCUT2D eigenvalue weighted by Gasteiger charge is 2.12. The van der Waals surface area contributed by atoms with Gasteiger partial charge < -0.3 is 5.32 Å². The van der Waals surface area contributed by atoms with E-state index in [1.54, 1.807) is 11.8 Å². The summed E-state index contributed by atoms with van der Waals surface area (Å²) in [7, 11) is 0. The summed E-state index contributed by atoms with van der Waals surface area (Å²) in [6.07, 6.45) is 0. The van der Waals surface area contributed by atoms with Gasteiger partial charge in [-0.25, -0.2) is 5.11 Å². The van der Waals surface area contributed by atoms with E-state index in [1.807, 2.05) is 0 Å². The lowest BCUT2D eigenvalue weighted by molar-refractivity contribution is 0.188. The molecule has 1 saturated heterocycles. The van der Waals surface area contributed by atoms with E-state index in [0.717, 1.165) is 12.3 Å². The number of thioether (sulfide) groups is 1. The quantitative estimate of drug-likeness (QED) is 0.528. The van der Waals surface area contributed by atoms with Crippen LogP contribution in [-0.2, 0) is 5.11 Å². The molecule has 0 spiro atoms. The molecule has 1 radical (unpaired) electrons. The van der Waals surface area contributed by atoms with Crippen molar-refractivity contribution < 1.29 is 5.11 Å². The van der Waals surface area contributed by atoms with Crippen molar-refractivity contribution in [3.05, 3.63) is 0 Å². The van der Waals surface area contributed by atoms with Gasteiger partial charge in [0, 0.05) is 12.3 Å². The van der Waals surface area contributed by atoms with E-state index in [2.05, 4.69) is 5.32 Å². The number of hydrogen-bond donors (Lipinski definition) is 1. The third kappa shape index (κ3) is 1.33. The van der Waals surface area contributed by atoms with Crippen LogP contribution in [0, 0.1) is 0 Å². The van der Waals surface area contributed by atoms with Crippen LogP contribution >= 0.6 is 11.8 Å². The van der Waals surface area contributed by atoms with Gasteiger partial charge in [-0.15, -0.1) is 11.8 Å². The summed E-state index contributed by atoms with van der Waals surface area (Å²) in [4.78, 5) is 0. The summed E-state index contributed by atoms with van der Waals surface area (Å²) >= 11 is 1.72. The van der Waals surface area contributed by atoms with Gasteiger partial charge in [-0.3, -0.25) is 0 Å². The summed E-state index contributed by atoms with van der Waals surface area (Å²) in [5.74, 6) is 1.10. The molecule has 0 amide bonds. The van der Waals surface area contributed by atoms with Crippen LogP contribution in [0.2, 0.25) is 0 Å². The summed E-state index contributed by atoms with van der Waals surface area (Å²) < 4.78 is 0. The molecule has 1 N–H and O–H groups in total. The fourth-order valence-corrected chi connectivity index (χ4v) is 1.44. The summed E-state index contributed by atoms with van der Waals surface area (Å²) in [5.41, 5.74) is 0. The van der Waals surface area contributed by atoms with Crippen LogP contribution < -0.4 is 5.32 Å². The average molecular weight is 118 g/mol. The van der Waals surface area contributed by atoms with Crippen LogP contribution in [0.4, 0.5) is 0 Å². The molecule has 0 aliphatic carbocycles. The van der Waals surface area contributed by atoms with Gasteiger partial charge in [0.2, 0.25) is 0 Å². The molecule has 0 aromatic heterocycles. The topological polar surface area (TPSA) is 31.9 Å². The molecule has 0 bridgehead atoms. The van der Waals surface area contributed by atoms with Crippen molar-refractivity contribution in [2.24, 2.45) is 0 Å². The largest absolute Gasteiger partial charge is 0.303 e. The molecule has 1 aliphatic rings. The van der Waals surface area contributed by atoms with Crippen molar-refractivity contribution in [2.45, 2.75) is 5.37 Å². The second kappa shape index (κ2) is 2.55. The van der Waals surface area contributed by atoms with E-state index in [-0.39, 0.29) is 12.0 Å². The van der Waals surface area contributed by atoms with Gasteiger partial charge in [-0.05, 0) is 0 Å². The van der Waals surface area contributed by atoms with Gasteiger partial charge >= 0.3 is 0 Å². The minimum absolute atomic E-state index is 0.0185. The minimum atomic E-state index is 0.0185. The first-order valence-corrected chi connectivity index (χ1v) is 3.41. The second-order valence-corrected chi connectivity index (χ2v) is 2.79. The highest BCUT2D eigenvalue weighted by molar-refractivity contribution is 8.00. The first-order chi connectivity index (χ1) is 3.43. The van der Waals surface area contributed by atoms with Gasteiger partial charge in [-0.1, -0.05) is 0 Å². The molecular formula is C4H8NOS. The SMILES string of the molecule is [O]CC1NCCS1. The van der Waals surface area contributed by atoms with Crippen LogP contribution in [-0.4, -0.2) is 24.3 Å². The third-order valence-corrected chi connectivity index (χ3v) is 2.09. The van der Waals surface area contributed by atoms with Crippen molar-refractivity contribution >= 4 is 11.8 Å². The Morgan fingerprint density at radius 2 is 2.71 bits per heavy atom. The van der Waals surface area contributed by atoms with Gasteiger partial charge in [0.1, 0.15) is 6.61 Å². The molecule has 0 aromatic rings. The standard InChI is InChI=1S/C4H8NOS/c6-3-4-5-1-2-7-4/h4-5H,1-3H2. The number of rotatable bonds is 1. The first kappa shape index (κ1) is 5.41. The van der Waals surface area contributed by atoms with E-state index in [4.69, 9.17) is 0 Å². The van der Waals surface area contributed by atoms with Gasteiger partial charge in [0.25, 0.3) is 0 Å². The molecule has 2 nitrogen and oxygen atoms in total. The van der Waals surface area contributed by atoms with E-state index in [9.17, 15) is 5.11 Å². The maximum atomic E-state index is 10.0. The van der Waals surface area contributed by atoms with Crippen LogP contribution in [0.25, 0.3) is 0 Å². The molecule has 41 valence electrons. The average Bonchev–Trinajstić information content (AvgIpc) is 2.14. The molecule has 1 fully saturated rings. The van der Waals surface area contributed by atoms with E-state index in [1.165, 1.54) is 0 Å². The van der Waals surface area contributed by atoms with Crippen molar-refractivity contribution in [3.63, 3.8) is 0 Å². The zero-order valence-electron chi connectivity index (χ0n) is 4.02. The second-order valence-electron chi connectivity index (χ2n) is 1.48. The van der Waals surface area contributed by atoms with Crippen LogP contribution in [0.3, 0.4) is 0 Å². The lowest BCUT2D eigenvalue weighted by Gasteiger charge is -1.98. The van der Waals surface area contributed by atoms with Crippen LogP contribution in [0.15, 0.2) is 0 Å². The monoisotopic (exact) mass is 118 g/mol. The van der Waals surface area contributed by atoms with Crippen LogP contribution in [0.5, 0.6) is 0 Å². The van der Waals surface area contributed by atoms with Gasteiger partial charge in [0.05, 0.1) is 5.37 Å². The van der Waals surface area contributed by atoms with E-state index < -0.39 is 0 Å². The zero-order chi connectivity index (χ0) is 5.11. The summed E-state index contributed by atoms with van der Waals surface area (Å²) in [5, 5.41) is 13.3. The lowest BCUT2D eigenvalue weighted by atomic mass is 10.6. The van der Waals surface area contributed by atoms with Crippen molar-refractivity contribution in [1.82, 2.24) is 5.32 Å². The van der Waals surface area contributed by atoms with Crippen molar-refractivity contribution in [3.8, 4) is 0 Å². The van der Waals surface area contributed by atoms with Crippen LogP contribution in [0.1, 0.15) is 0 Å². The molecule has 0 saturated carbocycles. The number of hydrogen-bond acceptors (Lipinski definition) is 2. The van der Waals surface area contributed by atoms with E-state index >= 15 is 0 Å². The normalized spacial score (nSPS) is 31.3. The molecule has 1 atom stereocenters. The van der Waals surface area contributed by atoms with Crippen molar-refractivity contribution in [1.29, 1.82) is 0 Å². The van der Waals surface area contributed by atoms with Gasteiger partial charge in [0.15, 0.2) is 0 Å². The lowest BCUT2D eigenvalue weighted by Crippen LogP contribution is -2.22. The molecule has 3 heteroatoms. The summed E-state index contributed by atoms with van der Waals surface area (Å²) in [6.45, 7) is 1.03. The maximum Gasteiger partial charge on any atom is 0.107 e. The Balaban J connectivity index is 2.14. The maximum absolute atomic E-state index is 10.0. The van der Waals surface area contributed by atoms with E-state index in [0.29, 0.717) is 0 Å². The van der Waals surface area contributed by atoms with Gasteiger partial charge in [-0.2, -0.15) is 0 Å². The smallest absolute Gasteiger partial charge is 0.107 e. The molecular weight excluding hydrogens is 110 g/mol. The predicted molar refractivity (Wildman–Crippen MR) is 29.8 cm³/mol. The molecule has 1 rings (SSSR count).